The number of thioether (sulfide) groups is 1. The highest BCUT2D eigenvalue weighted by molar-refractivity contribution is 8.26. The molecular formula is C21H20ClNO4S2. The second kappa shape index (κ2) is 10.0. The van der Waals surface area contributed by atoms with Gasteiger partial charge in [0.05, 0.1) is 25.2 Å². The number of ether oxygens (including phenoxy) is 3. The monoisotopic (exact) mass is 449 g/mol. The first kappa shape index (κ1) is 21.5. The van der Waals surface area contributed by atoms with Crippen LogP contribution < -0.4 is 14.2 Å². The molecule has 5 nitrogen and oxygen atoms in total. The molecule has 1 amide bonds. The molecule has 8 heteroatoms. The molecule has 0 bridgehead atoms. The van der Waals surface area contributed by atoms with E-state index in [9.17, 15) is 4.79 Å². The third-order valence-electron chi connectivity index (χ3n) is 4.10. The molecule has 3 rings (SSSR count). The Morgan fingerprint density at radius 2 is 1.90 bits per heavy atom. The maximum absolute atomic E-state index is 12.2. The van der Waals surface area contributed by atoms with Gasteiger partial charge in [-0.25, -0.2) is 0 Å². The van der Waals surface area contributed by atoms with Crippen molar-refractivity contribution in [2.75, 3.05) is 27.4 Å². The summed E-state index contributed by atoms with van der Waals surface area (Å²) < 4.78 is 17.3. The predicted octanol–water partition coefficient (Wildman–Crippen LogP) is 5.03. The predicted molar refractivity (Wildman–Crippen MR) is 121 cm³/mol. The molecule has 1 heterocycles. The molecule has 0 aliphatic carbocycles. The van der Waals surface area contributed by atoms with Gasteiger partial charge < -0.3 is 14.2 Å². The van der Waals surface area contributed by atoms with Crippen molar-refractivity contribution in [3.8, 4) is 17.2 Å². The molecule has 0 atom stereocenters. The topological polar surface area (TPSA) is 48.0 Å². The van der Waals surface area contributed by atoms with Crippen LogP contribution in [0.4, 0.5) is 0 Å². The Kier molecular flexibility index (Phi) is 7.41. The van der Waals surface area contributed by atoms with E-state index in [-0.39, 0.29) is 5.91 Å². The molecule has 2 aromatic carbocycles. The van der Waals surface area contributed by atoms with E-state index in [2.05, 4.69) is 0 Å². The number of benzene rings is 2. The number of hydrogen-bond donors (Lipinski definition) is 0. The Morgan fingerprint density at radius 3 is 2.62 bits per heavy atom. The van der Waals surface area contributed by atoms with E-state index in [1.54, 1.807) is 38.4 Å². The normalized spacial score (nSPS) is 15.1. The van der Waals surface area contributed by atoms with Crippen molar-refractivity contribution in [2.45, 2.75) is 6.42 Å². The lowest BCUT2D eigenvalue weighted by molar-refractivity contribution is -0.121. The molecule has 0 radical (unpaired) electrons. The molecule has 29 heavy (non-hydrogen) atoms. The minimum atomic E-state index is -0.127. The number of amides is 1. The minimum absolute atomic E-state index is 0.127. The van der Waals surface area contributed by atoms with Crippen molar-refractivity contribution < 1.29 is 19.0 Å². The summed E-state index contributed by atoms with van der Waals surface area (Å²) in [6, 6.07) is 12.8. The molecule has 1 fully saturated rings. The number of thiocarbonyl (C=S) groups is 1. The highest BCUT2D eigenvalue weighted by atomic mass is 35.5. The Morgan fingerprint density at radius 1 is 1.14 bits per heavy atom. The van der Waals surface area contributed by atoms with Crippen molar-refractivity contribution in [1.82, 2.24) is 4.90 Å². The molecule has 2 aromatic rings. The first-order valence-electron chi connectivity index (χ1n) is 8.88. The van der Waals surface area contributed by atoms with Crippen LogP contribution in [0.3, 0.4) is 0 Å². The van der Waals surface area contributed by atoms with Crippen LogP contribution in [0.15, 0.2) is 47.4 Å². The zero-order chi connectivity index (χ0) is 20.8. The molecule has 152 valence electrons. The number of hydrogen-bond acceptors (Lipinski definition) is 6. The van der Waals surface area contributed by atoms with E-state index in [0.29, 0.717) is 39.6 Å². The molecule has 1 aliphatic heterocycles. The van der Waals surface area contributed by atoms with E-state index in [0.717, 1.165) is 17.1 Å². The summed E-state index contributed by atoms with van der Waals surface area (Å²) in [6.07, 6.45) is 2.45. The molecule has 1 saturated heterocycles. The number of carbonyl (C=O) groups is 1. The van der Waals surface area contributed by atoms with Gasteiger partial charge in [-0.3, -0.25) is 9.69 Å². The van der Waals surface area contributed by atoms with Crippen molar-refractivity contribution in [3.05, 3.63) is 58.0 Å². The molecule has 0 N–H and O–H groups in total. The zero-order valence-electron chi connectivity index (χ0n) is 16.0. The van der Waals surface area contributed by atoms with Gasteiger partial charge in [-0.15, -0.1) is 0 Å². The molecule has 0 aromatic heterocycles. The fourth-order valence-corrected chi connectivity index (χ4v) is 3.92. The number of likely N-dealkylation sites (N-methyl/N-ethyl adjacent to an activating group) is 1. The van der Waals surface area contributed by atoms with Gasteiger partial charge in [0.25, 0.3) is 5.91 Å². The maximum atomic E-state index is 12.2. The van der Waals surface area contributed by atoms with Crippen LogP contribution in [0.25, 0.3) is 6.08 Å². The first-order valence-corrected chi connectivity index (χ1v) is 10.5. The number of carbonyl (C=O) groups excluding carboxylic acids is 1. The molecule has 0 unspecified atom stereocenters. The maximum Gasteiger partial charge on any atom is 0.265 e. The highest BCUT2D eigenvalue weighted by Gasteiger charge is 2.29. The lowest BCUT2D eigenvalue weighted by Gasteiger charge is -2.11. The first-order chi connectivity index (χ1) is 14.0. The number of halogens is 1. The fraction of sp³-hybridized carbons (Fsp3) is 0.238. The average molecular weight is 450 g/mol. The van der Waals surface area contributed by atoms with E-state index < -0.39 is 0 Å². The third-order valence-corrected chi connectivity index (χ3v) is 5.82. The van der Waals surface area contributed by atoms with Crippen LogP contribution in [0.1, 0.15) is 12.0 Å². The molecule has 1 aliphatic rings. The van der Waals surface area contributed by atoms with Crippen molar-refractivity contribution in [3.63, 3.8) is 0 Å². The second-order valence-corrected chi connectivity index (χ2v) is 8.26. The van der Waals surface area contributed by atoms with Crippen LogP contribution in [0.5, 0.6) is 17.2 Å². The number of methoxy groups -OCH3 is 1. The van der Waals surface area contributed by atoms with Crippen LogP contribution in [0.2, 0.25) is 5.02 Å². The number of rotatable bonds is 8. The minimum Gasteiger partial charge on any atom is -0.497 e. The SMILES string of the molecule is COc1cccc(OCCCOc2ccc(Cl)cc2C=C2SC(=S)N(C)C2=O)c1. The zero-order valence-corrected chi connectivity index (χ0v) is 18.4. The lowest BCUT2D eigenvalue weighted by atomic mass is 10.2. The van der Waals surface area contributed by atoms with Crippen molar-refractivity contribution >= 4 is 51.9 Å². The Labute approximate surface area is 184 Å². The molecular weight excluding hydrogens is 430 g/mol. The number of nitrogens with zero attached hydrogens (tertiary/aromatic N) is 1. The van der Waals surface area contributed by atoms with Gasteiger partial charge in [-0.2, -0.15) is 0 Å². The summed E-state index contributed by atoms with van der Waals surface area (Å²) >= 11 is 12.6. The van der Waals surface area contributed by atoms with Gasteiger partial charge in [0, 0.05) is 30.1 Å². The van der Waals surface area contributed by atoms with Crippen LogP contribution in [0, 0.1) is 0 Å². The van der Waals surface area contributed by atoms with Crippen LogP contribution in [-0.4, -0.2) is 42.5 Å². The summed E-state index contributed by atoms with van der Waals surface area (Å²) in [4.78, 5) is 14.2. The van der Waals surface area contributed by atoms with Gasteiger partial charge in [0.2, 0.25) is 0 Å². The van der Waals surface area contributed by atoms with Gasteiger partial charge in [0.15, 0.2) is 0 Å². The summed E-state index contributed by atoms with van der Waals surface area (Å²) in [5.41, 5.74) is 0.736. The van der Waals surface area contributed by atoms with E-state index in [1.807, 2.05) is 24.3 Å². The Bertz CT molecular complexity index is 948. The summed E-state index contributed by atoms with van der Waals surface area (Å²) in [6.45, 7) is 0.964. The summed E-state index contributed by atoms with van der Waals surface area (Å²) in [5.74, 6) is 2.02. The van der Waals surface area contributed by atoms with Crippen LogP contribution >= 0.6 is 35.6 Å². The molecule has 0 saturated carbocycles. The van der Waals surface area contributed by atoms with Gasteiger partial charge in [-0.1, -0.05) is 41.6 Å². The second-order valence-electron chi connectivity index (χ2n) is 6.15. The molecule has 0 spiro atoms. The standard InChI is InChI=1S/C21H20ClNO4S2/c1-23-20(24)19(29-21(23)28)12-14-11-15(22)7-8-18(14)27-10-4-9-26-17-6-3-5-16(13-17)25-2/h3,5-8,11-13H,4,9-10H2,1-2H3. The van der Waals surface area contributed by atoms with Crippen LogP contribution in [-0.2, 0) is 4.79 Å². The summed E-state index contributed by atoms with van der Waals surface area (Å²) in [5, 5.41) is 0.567. The summed E-state index contributed by atoms with van der Waals surface area (Å²) in [7, 11) is 3.28. The van der Waals surface area contributed by atoms with E-state index >= 15 is 0 Å². The quantitative estimate of drug-likeness (QED) is 0.320. The van der Waals surface area contributed by atoms with Gasteiger partial charge >= 0.3 is 0 Å². The van der Waals surface area contributed by atoms with E-state index in [1.165, 1.54) is 16.7 Å². The van der Waals surface area contributed by atoms with Gasteiger partial charge in [0.1, 0.15) is 21.6 Å². The Hall–Kier alpha value is -2.22. The highest BCUT2D eigenvalue weighted by Crippen LogP contribution is 2.34. The van der Waals surface area contributed by atoms with Gasteiger partial charge in [-0.05, 0) is 36.4 Å². The van der Waals surface area contributed by atoms with Crippen molar-refractivity contribution in [2.24, 2.45) is 0 Å². The Balaban J connectivity index is 1.58. The smallest absolute Gasteiger partial charge is 0.265 e. The van der Waals surface area contributed by atoms with E-state index in [4.69, 9.17) is 38.0 Å². The fourth-order valence-electron chi connectivity index (χ4n) is 2.57. The van der Waals surface area contributed by atoms with Crippen molar-refractivity contribution in [1.29, 1.82) is 0 Å². The third kappa shape index (κ3) is 5.65. The largest absolute Gasteiger partial charge is 0.497 e. The average Bonchev–Trinajstić information content (AvgIpc) is 2.96. The lowest BCUT2D eigenvalue weighted by Crippen LogP contribution is -2.22.